The summed E-state index contributed by atoms with van der Waals surface area (Å²) in [5, 5.41) is 11.0. The Labute approximate surface area is 262 Å². The predicted molar refractivity (Wildman–Crippen MR) is 159 cm³/mol. The maximum absolute atomic E-state index is 14.3. The molecule has 3 N–H and O–H groups in total. The lowest BCUT2D eigenvalue weighted by Crippen LogP contribution is -2.62. The molecule has 45 heavy (non-hydrogen) atoms. The first-order valence-corrected chi connectivity index (χ1v) is 14.6. The summed E-state index contributed by atoms with van der Waals surface area (Å²) in [6, 6.07) is -1.50. The number of carbonyl (C=O) groups is 3. The highest BCUT2D eigenvalue weighted by Crippen LogP contribution is 2.45. The highest BCUT2D eigenvalue weighted by molar-refractivity contribution is 6.31. The van der Waals surface area contributed by atoms with Gasteiger partial charge < -0.3 is 20.3 Å². The van der Waals surface area contributed by atoms with Crippen molar-refractivity contribution in [3.63, 3.8) is 0 Å². The molecule has 1 saturated heterocycles. The number of hydrogen-bond acceptors (Lipinski definition) is 7. The van der Waals surface area contributed by atoms with Crippen molar-refractivity contribution < 1.29 is 32.3 Å². The minimum absolute atomic E-state index is 0.0201. The maximum atomic E-state index is 14.3. The number of hydrogen-bond donors (Lipinski definition) is 3. The first-order valence-electron chi connectivity index (χ1n) is 14.2. The fraction of sp³-hybridized carbons (Fsp3) is 0.467. The van der Waals surface area contributed by atoms with Crippen molar-refractivity contribution in [3.05, 3.63) is 68.9 Å². The Kier molecular flexibility index (Phi) is 9.76. The van der Waals surface area contributed by atoms with E-state index < -0.39 is 59.0 Å². The van der Waals surface area contributed by atoms with Crippen LogP contribution in [0, 0.1) is 19.3 Å². The van der Waals surface area contributed by atoms with Gasteiger partial charge in [-0.2, -0.15) is 18.3 Å². The molecular weight excluding hydrogens is 617 g/mol. The Morgan fingerprint density at radius 2 is 1.89 bits per heavy atom. The summed E-state index contributed by atoms with van der Waals surface area (Å²) >= 11 is 6.27. The van der Waals surface area contributed by atoms with Gasteiger partial charge in [-0.05, 0) is 58.2 Å². The molecule has 2 unspecified atom stereocenters. The fourth-order valence-corrected chi connectivity index (χ4v) is 6.18. The smallest absolute Gasteiger partial charge is 0.410 e. The van der Waals surface area contributed by atoms with Gasteiger partial charge in [-0.3, -0.25) is 19.2 Å². The number of nitrogens with one attached hydrogen (secondary N) is 3. The van der Waals surface area contributed by atoms with Crippen LogP contribution in [0.25, 0.3) is 0 Å². The number of H-pyrrole nitrogens is 1. The zero-order chi connectivity index (χ0) is 33.3. The molecule has 242 valence electrons. The highest BCUT2D eigenvalue weighted by atomic mass is 35.5. The summed E-state index contributed by atoms with van der Waals surface area (Å²) in [5.41, 5.74) is -0.663. The minimum Gasteiger partial charge on any atom is -0.450 e. The Morgan fingerprint density at radius 1 is 1.18 bits per heavy atom. The van der Waals surface area contributed by atoms with Crippen molar-refractivity contribution in [2.45, 2.75) is 84.2 Å². The molecule has 1 aliphatic heterocycles. The average molecular weight is 651 g/mol. The van der Waals surface area contributed by atoms with Crippen molar-refractivity contribution in [3.8, 4) is 11.5 Å². The summed E-state index contributed by atoms with van der Waals surface area (Å²) in [6.45, 7) is 7.39. The predicted octanol–water partition coefficient (Wildman–Crippen LogP) is 4.21. The van der Waals surface area contributed by atoms with Gasteiger partial charge in [-0.1, -0.05) is 30.7 Å². The van der Waals surface area contributed by atoms with E-state index in [1.54, 1.807) is 32.1 Å². The van der Waals surface area contributed by atoms with Gasteiger partial charge in [0.2, 0.25) is 11.8 Å². The number of halogens is 4. The molecular formula is C30H34ClF3N6O5. The standard InChI is InChI=1S/C30H34ClF3N6O5/c1-15-13-23(27(43)39-38-15)45-22-10-8-20(35-16(22)2)26(42)36-17(3)28(44)40-21(25(30(32,33)34)37-18(4)41)9-11-24(40)29(5)12-6-7-19(31)14-29/h6-8,10,13-14,17,21,24-25H,9,11-12H2,1-5H3,(H,36,42)(H,37,41)(H,39,43)/t17-,21-,24+,25?,29?/m1/s1. The van der Waals surface area contributed by atoms with Gasteiger partial charge in [0.1, 0.15) is 23.5 Å². The molecule has 11 nitrogen and oxygen atoms in total. The third-order valence-corrected chi connectivity index (χ3v) is 8.18. The van der Waals surface area contributed by atoms with E-state index in [-0.39, 0.29) is 35.7 Å². The van der Waals surface area contributed by atoms with Crippen LogP contribution in [0.5, 0.6) is 11.5 Å². The monoisotopic (exact) mass is 650 g/mol. The van der Waals surface area contributed by atoms with Crippen molar-refractivity contribution in [2.75, 3.05) is 0 Å². The van der Waals surface area contributed by atoms with Crippen LogP contribution in [0.2, 0.25) is 0 Å². The number of amides is 3. The van der Waals surface area contributed by atoms with Crippen LogP contribution in [-0.2, 0) is 9.59 Å². The fourth-order valence-electron chi connectivity index (χ4n) is 5.84. The number of pyridine rings is 1. The van der Waals surface area contributed by atoms with Gasteiger partial charge in [0, 0.05) is 29.5 Å². The van der Waals surface area contributed by atoms with Crippen LogP contribution >= 0.6 is 11.6 Å². The van der Waals surface area contributed by atoms with Gasteiger partial charge in [-0.25, -0.2) is 10.1 Å². The lowest BCUT2D eigenvalue weighted by molar-refractivity contribution is -0.177. The minimum atomic E-state index is -4.85. The molecule has 0 aromatic carbocycles. The quantitative estimate of drug-likeness (QED) is 0.388. The lowest BCUT2D eigenvalue weighted by atomic mass is 9.75. The second-order valence-corrected chi connectivity index (χ2v) is 12.0. The number of allylic oxidation sites excluding steroid dienone is 3. The number of aromatic nitrogens is 3. The molecule has 4 rings (SSSR count). The molecule has 1 aliphatic carbocycles. The van der Waals surface area contributed by atoms with Crippen molar-refractivity contribution in [1.82, 2.24) is 30.7 Å². The second kappa shape index (κ2) is 13.0. The Hall–Kier alpha value is -4.20. The summed E-state index contributed by atoms with van der Waals surface area (Å²) in [7, 11) is 0. The zero-order valence-corrected chi connectivity index (χ0v) is 26.0. The average Bonchev–Trinajstić information content (AvgIpc) is 3.39. The Bertz CT molecular complexity index is 1610. The number of aromatic amines is 1. The molecule has 3 amide bonds. The molecule has 0 radical (unpaired) electrons. The summed E-state index contributed by atoms with van der Waals surface area (Å²) < 4.78 is 48.5. The number of ether oxygens (including phenoxy) is 1. The molecule has 3 heterocycles. The van der Waals surface area contributed by atoms with E-state index in [1.807, 2.05) is 12.2 Å². The van der Waals surface area contributed by atoms with Gasteiger partial charge in [-0.15, -0.1) is 0 Å². The number of aryl methyl sites for hydroxylation is 2. The molecule has 1 fully saturated rings. The molecule has 0 saturated carbocycles. The van der Waals surface area contributed by atoms with Crippen LogP contribution in [-0.4, -0.2) is 68.1 Å². The number of likely N-dealkylation sites (tertiary alicyclic amines) is 1. The van der Waals surface area contributed by atoms with Crippen molar-refractivity contribution in [2.24, 2.45) is 5.41 Å². The zero-order valence-electron chi connectivity index (χ0n) is 25.3. The third-order valence-electron chi connectivity index (χ3n) is 7.95. The molecule has 5 atom stereocenters. The molecule has 2 aromatic rings. The van der Waals surface area contributed by atoms with Gasteiger partial charge in [0.25, 0.3) is 5.91 Å². The third kappa shape index (κ3) is 7.55. The normalized spacial score (nSPS) is 22.8. The van der Waals surface area contributed by atoms with Crippen LogP contribution in [0.15, 0.2) is 46.3 Å². The first kappa shape index (κ1) is 33.7. The summed E-state index contributed by atoms with van der Waals surface area (Å²) in [6.07, 6.45) is 0.967. The largest absolute Gasteiger partial charge is 0.450 e. The van der Waals surface area contributed by atoms with Crippen molar-refractivity contribution in [1.29, 1.82) is 0 Å². The molecule has 0 spiro atoms. The van der Waals surface area contributed by atoms with E-state index in [1.165, 1.54) is 25.1 Å². The number of carbonyl (C=O) groups excluding carboxylic acids is 3. The van der Waals surface area contributed by atoms with E-state index >= 15 is 0 Å². The van der Waals surface area contributed by atoms with E-state index in [9.17, 15) is 32.3 Å². The molecule has 0 bridgehead atoms. The summed E-state index contributed by atoms with van der Waals surface area (Å²) in [4.78, 5) is 56.4. The second-order valence-electron chi connectivity index (χ2n) is 11.5. The highest BCUT2D eigenvalue weighted by Gasteiger charge is 2.55. The van der Waals surface area contributed by atoms with Crippen LogP contribution in [0.3, 0.4) is 0 Å². The number of alkyl halides is 3. The Balaban J connectivity index is 1.59. The summed E-state index contributed by atoms with van der Waals surface area (Å²) in [5.74, 6) is -2.21. The maximum Gasteiger partial charge on any atom is 0.410 e. The Morgan fingerprint density at radius 3 is 2.51 bits per heavy atom. The van der Waals surface area contributed by atoms with Gasteiger partial charge in [0.15, 0.2) is 5.75 Å². The first-order chi connectivity index (χ1) is 21.0. The van der Waals surface area contributed by atoms with Crippen LogP contribution in [0.4, 0.5) is 13.2 Å². The van der Waals surface area contributed by atoms with E-state index in [2.05, 4.69) is 20.5 Å². The number of rotatable bonds is 8. The van der Waals surface area contributed by atoms with Crippen LogP contribution in [0.1, 0.15) is 61.9 Å². The molecule has 15 heteroatoms. The topological polar surface area (TPSA) is 146 Å². The van der Waals surface area contributed by atoms with Crippen molar-refractivity contribution >= 4 is 29.3 Å². The SMILES string of the molecule is CC(=O)NC([C@H]1CC[C@@H](C2(C)C=C(Cl)C=CC2)N1C(=O)[C@@H](C)NC(=O)c1ccc(Oc2cc(C)n[nH]c2=O)c(C)n1)C(F)(F)F. The molecule has 2 aromatic heterocycles. The van der Waals surface area contributed by atoms with Gasteiger partial charge in [0.05, 0.1) is 17.4 Å². The van der Waals surface area contributed by atoms with E-state index in [4.69, 9.17) is 16.3 Å². The van der Waals surface area contributed by atoms with E-state index in [0.717, 1.165) is 11.8 Å². The van der Waals surface area contributed by atoms with E-state index in [0.29, 0.717) is 17.1 Å². The lowest BCUT2D eigenvalue weighted by Gasteiger charge is -2.44. The van der Waals surface area contributed by atoms with Gasteiger partial charge >= 0.3 is 11.7 Å². The molecule has 2 aliphatic rings. The number of nitrogens with zero attached hydrogens (tertiary/aromatic N) is 3. The van der Waals surface area contributed by atoms with Crippen LogP contribution < -0.4 is 20.9 Å².